The number of aliphatic hydroxyl groups is 3. The Hall–Kier alpha value is -4.17. The molecular weight excluding hydrogens is 606 g/mol. The molecular formula is C35H41N3O9. The first-order chi connectivity index (χ1) is 22.8. The Morgan fingerprint density at radius 2 is 1.32 bits per heavy atom. The highest BCUT2D eigenvalue weighted by Gasteiger charge is 2.44. The second-order valence-corrected chi connectivity index (χ2v) is 11.8. The van der Waals surface area contributed by atoms with Crippen molar-refractivity contribution < 1.29 is 43.9 Å². The van der Waals surface area contributed by atoms with Gasteiger partial charge >= 0.3 is 0 Å². The maximum atomic E-state index is 13.8. The summed E-state index contributed by atoms with van der Waals surface area (Å²) in [4.78, 5) is 40.2. The van der Waals surface area contributed by atoms with Crippen molar-refractivity contribution in [1.82, 2.24) is 16.0 Å². The summed E-state index contributed by atoms with van der Waals surface area (Å²) < 4.78 is 17.0. The Balaban J connectivity index is 1.39. The molecule has 0 aromatic heterocycles. The summed E-state index contributed by atoms with van der Waals surface area (Å²) >= 11 is 0. The van der Waals surface area contributed by atoms with Gasteiger partial charge in [0.1, 0.15) is 18.2 Å². The van der Waals surface area contributed by atoms with Gasteiger partial charge in [-0.1, -0.05) is 84.9 Å². The van der Waals surface area contributed by atoms with Crippen LogP contribution in [0.15, 0.2) is 84.9 Å². The third kappa shape index (κ3) is 8.41. The number of hydrogen-bond acceptors (Lipinski definition) is 9. The average molecular weight is 648 g/mol. The van der Waals surface area contributed by atoms with Gasteiger partial charge in [-0.15, -0.1) is 0 Å². The number of ether oxygens (including phenoxy) is 3. The van der Waals surface area contributed by atoms with Crippen LogP contribution < -0.4 is 16.0 Å². The molecule has 250 valence electrons. The molecule has 1 aliphatic heterocycles. The minimum Gasteiger partial charge on any atom is -0.390 e. The van der Waals surface area contributed by atoms with E-state index in [1.807, 2.05) is 24.3 Å². The van der Waals surface area contributed by atoms with Gasteiger partial charge in [-0.2, -0.15) is 0 Å². The van der Waals surface area contributed by atoms with Gasteiger partial charge in [0, 0.05) is 19.4 Å². The highest BCUT2D eigenvalue weighted by molar-refractivity contribution is 5.90. The monoisotopic (exact) mass is 647 g/mol. The number of nitrogens with one attached hydrogen (secondary N) is 3. The van der Waals surface area contributed by atoms with Crippen LogP contribution >= 0.6 is 0 Å². The zero-order chi connectivity index (χ0) is 33.3. The van der Waals surface area contributed by atoms with Crippen molar-refractivity contribution in [2.24, 2.45) is 5.92 Å². The Labute approximate surface area is 273 Å². The van der Waals surface area contributed by atoms with Crippen LogP contribution in [0.1, 0.15) is 28.3 Å². The molecule has 0 spiro atoms. The van der Waals surface area contributed by atoms with Gasteiger partial charge in [0.15, 0.2) is 12.2 Å². The van der Waals surface area contributed by atoms with Crippen LogP contribution in [0.25, 0.3) is 0 Å². The summed E-state index contributed by atoms with van der Waals surface area (Å²) in [6, 6.07) is 23.4. The minimum atomic E-state index is -1.98. The van der Waals surface area contributed by atoms with Crippen LogP contribution in [0, 0.1) is 5.92 Å². The smallest absolute Gasteiger partial charge is 0.252 e. The van der Waals surface area contributed by atoms with Crippen molar-refractivity contribution in [3.8, 4) is 0 Å². The maximum Gasteiger partial charge on any atom is 0.252 e. The van der Waals surface area contributed by atoms with E-state index < -0.39 is 60.3 Å². The quantitative estimate of drug-likeness (QED) is 0.137. The summed E-state index contributed by atoms with van der Waals surface area (Å²) in [7, 11) is 1.44. The lowest BCUT2D eigenvalue weighted by Gasteiger charge is -2.35. The molecule has 47 heavy (non-hydrogen) atoms. The molecule has 1 aliphatic carbocycles. The van der Waals surface area contributed by atoms with Crippen molar-refractivity contribution in [3.05, 3.63) is 107 Å². The van der Waals surface area contributed by atoms with Crippen molar-refractivity contribution in [2.75, 3.05) is 20.3 Å². The van der Waals surface area contributed by atoms with Crippen molar-refractivity contribution in [3.63, 3.8) is 0 Å². The maximum absolute atomic E-state index is 13.8. The molecule has 6 N–H and O–H groups in total. The highest BCUT2D eigenvalue weighted by atomic mass is 16.5. The number of fused-ring (bicyclic) bond motifs is 1. The van der Waals surface area contributed by atoms with Gasteiger partial charge in [0.05, 0.1) is 38.6 Å². The molecule has 0 unspecified atom stereocenters. The minimum absolute atomic E-state index is 0.103. The molecule has 7 atom stereocenters. The molecule has 0 radical (unpaired) electrons. The number of amides is 3. The van der Waals surface area contributed by atoms with Gasteiger partial charge in [0.2, 0.25) is 5.91 Å². The molecule has 3 aromatic rings. The van der Waals surface area contributed by atoms with E-state index in [2.05, 4.69) is 16.0 Å². The Bertz CT molecular complexity index is 1490. The fraction of sp³-hybridized carbons (Fsp3) is 0.400. The van der Waals surface area contributed by atoms with Crippen molar-refractivity contribution in [1.29, 1.82) is 0 Å². The number of likely N-dealkylation sites (N-methyl/N-ethyl adjacent to an activating group) is 1. The SMILES string of the molecule is CNC(=O)[C@H](NC(=O)[C@H](OCc1ccccc1)[C@H](O)[C@@H](O)[C@@H](OCc1ccccc1)C(=O)N[C@H]1c2ccccc2C[C@H]1O)C1COC1. The largest absolute Gasteiger partial charge is 0.390 e. The molecule has 3 aromatic carbocycles. The molecule has 1 fully saturated rings. The van der Waals surface area contributed by atoms with Gasteiger partial charge in [-0.05, 0) is 22.3 Å². The third-order valence-electron chi connectivity index (χ3n) is 8.50. The summed E-state index contributed by atoms with van der Waals surface area (Å²) in [6.07, 6.45) is -7.94. The van der Waals surface area contributed by atoms with Crippen LogP contribution in [0.3, 0.4) is 0 Å². The van der Waals surface area contributed by atoms with Crippen LogP contribution in [0.2, 0.25) is 0 Å². The molecule has 1 saturated heterocycles. The van der Waals surface area contributed by atoms with E-state index in [0.717, 1.165) is 11.1 Å². The number of carbonyl (C=O) groups excluding carboxylic acids is 3. The lowest BCUT2D eigenvalue weighted by atomic mass is 9.95. The van der Waals surface area contributed by atoms with E-state index in [0.29, 0.717) is 17.5 Å². The molecule has 1 heterocycles. The second-order valence-electron chi connectivity index (χ2n) is 11.8. The zero-order valence-corrected chi connectivity index (χ0v) is 26.0. The fourth-order valence-corrected chi connectivity index (χ4v) is 5.76. The van der Waals surface area contributed by atoms with Crippen LogP contribution in [-0.4, -0.2) is 89.9 Å². The van der Waals surface area contributed by atoms with E-state index in [1.165, 1.54) is 7.05 Å². The van der Waals surface area contributed by atoms with E-state index in [-0.39, 0.29) is 32.3 Å². The predicted molar refractivity (Wildman–Crippen MR) is 169 cm³/mol. The first-order valence-electron chi connectivity index (χ1n) is 15.6. The predicted octanol–water partition coefficient (Wildman–Crippen LogP) is 0.531. The Morgan fingerprint density at radius 1 is 0.787 bits per heavy atom. The van der Waals surface area contributed by atoms with E-state index in [9.17, 15) is 29.7 Å². The molecule has 2 aliphatic rings. The third-order valence-corrected chi connectivity index (χ3v) is 8.50. The fourth-order valence-electron chi connectivity index (χ4n) is 5.76. The molecule has 12 nitrogen and oxygen atoms in total. The molecule has 3 amide bonds. The summed E-state index contributed by atoms with van der Waals surface area (Å²) in [5.74, 6) is -2.42. The van der Waals surface area contributed by atoms with Crippen molar-refractivity contribution >= 4 is 17.7 Å². The van der Waals surface area contributed by atoms with Gasteiger partial charge in [0.25, 0.3) is 11.8 Å². The first kappa shape index (κ1) is 34.2. The lowest BCUT2D eigenvalue weighted by molar-refractivity contribution is -0.172. The number of hydrogen-bond donors (Lipinski definition) is 6. The molecule has 0 saturated carbocycles. The van der Waals surface area contributed by atoms with Crippen LogP contribution in [0.5, 0.6) is 0 Å². The Kier molecular flexibility index (Phi) is 11.7. The summed E-state index contributed by atoms with van der Waals surface area (Å²) in [5, 5.41) is 41.8. The summed E-state index contributed by atoms with van der Waals surface area (Å²) in [5.41, 5.74) is 2.99. The van der Waals surface area contributed by atoms with E-state index >= 15 is 0 Å². The molecule has 12 heteroatoms. The number of rotatable bonds is 15. The lowest BCUT2D eigenvalue weighted by Crippen LogP contribution is -2.61. The highest BCUT2D eigenvalue weighted by Crippen LogP contribution is 2.31. The molecule has 5 rings (SSSR count). The average Bonchev–Trinajstić information content (AvgIpc) is 3.38. The van der Waals surface area contributed by atoms with Gasteiger partial charge in [-0.3, -0.25) is 14.4 Å². The Morgan fingerprint density at radius 3 is 1.85 bits per heavy atom. The summed E-state index contributed by atoms with van der Waals surface area (Å²) in [6.45, 7) is 0.289. The zero-order valence-electron chi connectivity index (χ0n) is 26.0. The van der Waals surface area contributed by atoms with E-state index in [1.54, 1.807) is 60.7 Å². The topological polar surface area (TPSA) is 176 Å². The molecule has 0 bridgehead atoms. The van der Waals surface area contributed by atoms with E-state index in [4.69, 9.17) is 14.2 Å². The van der Waals surface area contributed by atoms with Crippen molar-refractivity contribution in [2.45, 2.75) is 62.2 Å². The second kappa shape index (κ2) is 16.1. The normalized spacial score (nSPS) is 20.5. The first-order valence-corrected chi connectivity index (χ1v) is 15.6. The number of benzene rings is 3. The van der Waals surface area contributed by atoms with Gasteiger partial charge in [-0.25, -0.2) is 0 Å². The number of carbonyl (C=O) groups is 3. The number of aliphatic hydroxyl groups excluding tert-OH is 3. The van der Waals surface area contributed by atoms with Crippen LogP contribution in [-0.2, 0) is 48.2 Å². The van der Waals surface area contributed by atoms with Crippen LogP contribution in [0.4, 0.5) is 0 Å². The van der Waals surface area contributed by atoms with Gasteiger partial charge < -0.3 is 45.5 Å². The standard InChI is InChI=1S/C35H41N3O9/c1-36-33(42)27(24-19-45-20-24)37-34(43)31(46-17-21-10-4-2-5-11-21)29(40)30(41)32(47-18-22-12-6-3-7-13-22)35(44)38-28-25-15-9-8-14-23(25)16-26(28)39/h2-15,24,26-32,39-41H,16-20H2,1H3,(H,36,42)(H,37,43)(H,38,44)/t26-,27-,28+,29-,30-,31-,32-/m1/s1.